The maximum Gasteiger partial charge on any atom is 0.258 e. The lowest BCUT2D eigenvalue weighted by atomic mass is 10.0. The Labute approximate surface area is 164 Å². The van der Waals surface area contributed by atoms with E-state index in [1.807, 2.05) is 29.2 Å². The van der Waals surface area contributed by atoms with Gasteiger partial charge < -0.3 is 14.1 Å². The number of aryl methyl sites for hydroxylation is 1. The second-order valence-corrected chi connectivity index (χ2v) is 7.70. The molecule has 3 rings (SSSR count). The highest BCUT2D eigenvalue weighted by atomic mass is 79.9. The smallest absolute Gasteiger partial charge is 0.258 e. The molecule has 1 aromatic carbocycles. The molecule has 0 saturated carbocycles. The molecule has 0 bridgehead atoms. The van der Waals surface area contributed by atoms with E-state index in [-0.39, 0.29) is 12.0 Å². The summed E-state index contributed by atoms with van der Waals surface area (Å²) in [6.45, 7) is 4.46. The Hall–Kier alpha value is -1.33. The first-order valence-electron chi connectivity index (χ1n) is 9.71. The van der Waals surface area contributed by atoms with Gasteiger partial charge in [-0.3, -0.25) is 4.79 Å². The van der Waals surface area contributed by atoms with E-state index in [1.165, 1.54) is 0 Å². The van der Waals surface area contributed by atoms with Crippen LogP contribution in [-0.4, -0.2) is 41.9 Å². The minimum atomic E-state index is 0.111. The third-order valence-corrected chi connectivity index (χ3v) is 5.56. The molecule has 0 atom stereocenters. The number of nitrogens with zero attached hydrogens (tertiary/aromatic N) is 1. The SMILES string of the molecule is CCCCc1oc2ccccc2c1C(=O)N1CCC(OCCCBr)CC1. The predicted molar refractivity (Wildman–Crippen MR) is 108 cm³/mol. The minimum absolute atomic E-state index is 0.111. The molecule has 26 heavy (non-hydrogen) atoms. The van der Waals surface area contributed by atoms with Crippen LogP contribution >= 0.6 is 15.9 Å². The molecule has 2 aromatic rings. The molecule has 0 aliphatic carbocycles. The van der Waals surface area contributed by atoms with Crippen molar-refractivity contribution in [2.45, 2.75) is 51.6 Å². The first-order chi connectivity index (χ1) is 12.7. The van der Waals surface area contributed by atoms with Crippen LogP contribution in [0.3, 0.4) is 0 Å². The first kappa shape index (κ1) is 19.4. The molecule has 142 valence electrons. The van der Waals surface area contributed by atoms with Gasteiger partial charge in [-0.05, 0) is 31.7 Å². The number of carbonyl (C=O) groups excluding carboxylic acids is 1. The van der Waals surface area contributed by atoms with Crippen molar-refractivity contribution in [2.75, 3.05) is 25.0 Å². The summed E-state index contributed by atoms with van der Waals surface area (Å²) in [5.74, 6) is 0.953. The number of amides is 1. The molecule has 1 aromatic heterocycles. The number of furan rings is 1. The van der Waals surface area contributed by atoms with Crippen molar-refractivity contribution in [3.8, 4) is 0 Å². The number of carbonyl (C=O) groups is 1. The number of halogens is 1. The molecule has 1 saturated heterocycles. The predicted octanol–water partition coefficient (Wildman–Crippen LogP) is 5.18. The van der Waals surface area contributed by atoms with E-state index in [1.54, 1.807) is 0 Å². The third-order valence-electron chi connectivity index (χ3n) is 5.00. The second kappa shape index (κ2) is 9.56. The third kappa shape index (κ3) is 4.49. The highest BCUT2D eigenvalue weighted by molar-refractivity contribution is 9.09. The zero-order valence-corrected chi connectivity index (χ0v) is 17.1. The van der Waals surface area contributed by atoms with E-state index < -0.39 is 0 Å². The van der Waals surface area contributed by atoms with Crippen molar-refractivity contribution in [1.29, 1.82) is 0 Å². The molecule has 2 heterocycles. The van der Waals surface area contributed by atoms with E-state index in [9.17, 15) is 4.79 Å². The van der Waals surface area contributed by atoms with Crippen LogP contribution in [0.1, 0.15) is 55.1 Å². The fraction of sp³-hybridized carbons (Fsp3) is 0.571. The number of benzene rings is 1. The molecular formula is C21H28BrNO3. The van der Waals surface area contributed by atoms with Crippen molar-refractivity contribution in [2.24, 2.45) is 0 Å². The quantitative estimate of drug-likeness (QED) is 0.435. The number of para-hydroxylation sites is 1. The van der Waals surface area contributed by atoms with Gasteiger partial charge in [-0.25, -0.2) is 0 Å². The lowest BCUT2D eigenvalue weighted by molar-refractivity contribution is 0.00937. The summed E-state index contributed by atoms with van der Waals surface area (Å²) in [6.07, 6.45) is 6.06. The summed E-state index contributed by atoms with van der Waals surface area (Å²) in [5, 5.41) is 1.91. The topological polar surface area (TPSA) is 42.7 Å². The fourth-order valence-corrected chi connectivity index (χ4v) is 3.76. The number of fused-ring (bicyclic) bond motifs is 1. The van der Waals surface area contributed by atoms with Gasteiger partial charge in [0.1, 0.15) is 11.3 Å². The number of rotatable bonds is 8. The number of hydrogen-bond donors (Lipinski definition) is 0. The molecular weight excluding hydrogens is 394 g/mol. The summed E-state index contributed by atoms with van der Waals surface area (Å²) in [5.41, 5.74) is 1.59. The van der Waals surface area contributed by atoms with Gasteiger partial charge in [-0.1, -0.05) is 47.5 Å². The first-order valence-corrected chi connectivity index (χ1v) is 10.8. The highest BCUT2D eigenvalue weighted by Gasteiger charge is 2.28. The standard InChI is InChI=1S/C21H28BrNO3/c1-2-3-8-19-20(17-7-4-5-9-18(17)26-19)21(24)23-13-10-16(11-14-23)25-15-6-12-22/h4-5,7,9,16H,2-3,6,8,10-15H2,1H3. The van der Waals surface area contributed by atoms with E-state index in [0.717, 1.165) is 85.8 Å². The molecule has 1 aliphatic rings. The Balaban J connectivity index is 1.71. The number of unbranched alkanes of at least 4 members (excludes halogenated alkanes) is 1. The summed E-state index contributed by atoms with van der Waals surface area (Å²) in [7, 11) is 0. The minimum Gasteiger partial charge on any atom is -0.460 e. The normalized spacial score (nSPS) is 15.7. The Morgan fingerprint density at radius 1 is 1.27 bits per heavy atom. The average molecular weight is 422 g/mol. The Morgan fingerprint density at radius 2 is 2.04 bits per heavy atom. The molecule has 0 radical (unpaired) electrons. The van der Waals surface area contributed by atoms with Gasteiger partial charge in [0.25, 0.3) is 5.91 Å². The molecule has 1 amide bonds. The molecule has 0 N–H and O–H groups in total. The van der Waals surface area contributed by atoms with Crippen LogP contribution in [-0.2, 0) is 11.2 Å². The van der Waals surface area contributed by atoms with E-state index >= 15 is 0 Å². The average Bonchev–Trinajstić information content (AvgIpc) is 3.05. The number of hydrogen-bond acceptors (Lipinski definition) is 3. The van der Waals surface area contributed by atoms with Gasteiger partial charge in [-0.2, -0.15) is 0 Å². The summed E-state index contributed by atoms with van der Waals surface area (Å²) in [4.78, 5) is 15.2. The Bertz CT molecular complexity index is 719. The Morgan fingerprint density at radius 3 is 2.77 bits per heavy atom. The molecule has 1 fully saturated rings. The van der Waals surface area contributed by atoms with Crippen molar-refractivity contribution in [3.63, 3.8) is 0 Å². The number of alkyl halides is 1. The summed E-state index contributed by atoms with van der Waals surface area (Å²) < 4.78 is 11.9. The van der Waals surface area contributed by atoms with E-state index in [4.69, 9.17) is 9.15 Å². The van der Waals surface area contributed by atoms with Crippen LogP contribution in [0.25, 0.3) is 11.0 Å². The lowest BCUT2D eigenvalue weighted by Crippen LogP contribution is -2.41. The Kier molecular flexibility index (Phi) is 7.15. The molecule has 4 nitrogen and oxygen atoms in total. The van der Waals surface area contributed by atoms with Crippen LogP contribution in [0.5, 0.6) is 0 Å². The van der Waals surface area contributed by atoms with Crippen molar-refractivity contribution in [3.05, 3.63) is 35.6 Å². The van der Waals surface area contributed by atoms with Gasteiger partial charge in [-0.15, -0.1) is 0 Å². The number of ether oxygens (including phenoxy) is 1. The van der Waals surface area contributed by atoms with Crippen molar-refractivity contribution < 1.29 is 13.9 Å². The number of likely N-dealkylation sites (tertiary alicyclic amines) is 1. The second-order valence-electron chi connectivity index (χ2n) is 6.90. The van der Waals surface area contributed by atoms with Crippen molar-refractivity contribution >= 4 is 32.8 Å². The van der Waals surface area contributed by atoms with Crippen LogP contribution in [0, 0.1) is 0 Å². The zero-order valence-electron chi connectivity index (χ0n) is 15.5. The van der Waals surface area contributed by atoms with Crippen LogP contribution < -0.4 is 0 Å². The molecule has 0 unspecified atom stereocenters. The largest absolute Gasteiger partial charge is 0.460 e. The molecule has 1 aliphatic heterocycles. The van der Waals surface area contributed by atoms with Gasteiger partial charge in [0.05, 0.1) is 11.7 Å². The highest BCUT2D eigenvalue weighted by Crippen LogP contribution is 2.29. The maximum atomic E-state index is 13.2. The monoisotopic (exact) mass is 421 g/mol. The van der Waals surface area contributed by atoms with Crippen LogP contribution in [0.2, 0.25) is 0 Å². The van der Waals surface area contributed by atoms with Crippen LogP contribution in [0.4, 0.5) is 0 Å². The molecule has 0 spiro atoms. The number of piperidine rings is 1. The fourth-order valence-electron chi connectivity index (χ4n) is 3.53. The van der Waals surface area contributed by atoms with Gasteiger partial charge in [0, 0.05) is 36.8 Å². The lowest BCUT2D eigenvalue weighted by Gasteiger charge is -2.32. The van der Waals surface area contributed by atoms with Crippen molar-refractivity contribution in [1.82, 2.24) is 4.90 Å². The van der Waals surface area contributed by atoms with Crippen LogP contribution in [0.15, 0.2) is 28.7 Å². The van der Waals surface area contributed by atoms with E-state index in [2.05, 4.69) is 22.9 Å². The maximum absolute atomic E-state index is 13.2. The van der Waals surface area contributed by atoms with Gasteiger partial charge in [0.2, 0.25) is 0 Å². The summed E-state index contributed by atoms with van der Waals surface area (Å²) in [6, 6.07) is 7.88. The van der Waals surface area contributed by atoms with Gasteiger partial charge >= 0.3 is 0 Å². The van der Waals surface area contributed by atoms with E-state index in [0.29, 0.717) is 0 Å². The van der Waals surface area contributed by atoms with Gasteiger partial charge in [0.15, 0.2) is 0 Å². The molecule has 5 heteroatoms. The summed E-state index contributed by atoms with van der Waals surface area (Å²) >= 11 is 3.43. The zero-order chi connectivity index (χ0) is 18.4.